The zero-order chi connectivity index (χ0) is 16.4. The summed E-state index contributed by atoms with van der Waals surface area (Å²) in [5, 5.41) is 0. The number of morpholine rings is 1. The number of aromatic amines is 1. The van der Waals surface area contributed by atoms with Gasteiger partial charge in [-0.05, 0) is 31.5 Å². The van der Waals surface area contributed by atoms with E-state index < -0.39 is 0 Å². The Kier molecular flexibility index (Phi) is 4.30. The molecule has 2 heterocycles. The fraction of sp³-hybridized carbons (Fsp3) is 0.333. The van der Waals surface area contributed by atoms with Crippen molar-refractivity contribution in [3.8, 4) is 11.3 Å². The Morgan fingerprint density at radius 1 is 1.17 bits per heavy atom. The quantitative estimate of drug-likeness (QED) is 0.925. The van der Waals surface area contributed by atoms with E-state index in [1.165, 1.54) is 0 Å². The summed E-state index contributed by atoms with van der Waals surface area (Å²) in [5.74, 6) is -0.242. The highest BCUT2D eigenvalue weighted by Crippen LogP contribution is 2.17. The lowest BCUT2D eigenvalue weighted by atomic mass is 10.1. The van der Waals surface area contributed by atoms with Gasteiger partial charge in [0, 0.05) is 12.2 Å². The maximum atomic E-state index is 12.7. The molecule has 1 N–H and O–H groups in total. The van der Waals surface area contributed by atoms with E-state index in [4.69, 9.17) is 4.74 Å². The molecule has 1 saturated heterocycles. The SMILES string of the molecule is C[C@@H]1CN(C(=O)c2ccc(-c3ccccc3)[nH]c2=O)[C@H](C)CO1. The van der Waals surface area contributed by atoms with Gasteiger partial charge in [0.2, 0.25) is 0 Å². The third-order valence-electron chi connectivity index (χ3n) is 4.09. The molecule has 2 aromatic rings. The van der Waals surface area contributed by atoms with E-state index in [-0.39, 0.29) is 29.2 Å². The lowest BCUT2D eigenvalue weighted by Crippen LogP contribution is -2.51. The molecule has 0 bridgehead atoms. The van der Waals surface area contributed by atoms with Crippen LogP contribution in [0.1, 0.15) is 24.2 Å². The molecular formula is C18H20N2O3. The third kappa shape index (κ3) is 3.19. The number of nitrogens with one attached hydrogen (secondary N) is 1. The van der Waals surface area contributed by atoms with Crippen LogP contribution in [0.3, 0.4) is 0 Å². The summed E-state index contributed by atoms with van der Waals surface area (Å²) < 4.78 is 5.53. The first-order chi connectivity index (χ1) is 11.1. The number of hydrogen-bond acceptors (Lipinski definition) is 3. The molecule has 1 aromatic carbocycles. The molecule has 1 aliphatic heterocycles. The van der Waals surface area contributed by atoms with Crippen LogP contribution in [0, 0.1) is 0 Å². The largest absolute Gasteiger partial charge is 0.375 e. The maximum Gasteiger partial charge on any atom is 0.261 e. The van der Waals surface area contributed by atoms with Crippen molar-refractivity contribution in [1.82, 2.24) is 9.88 Å². The number of carbonyl (C=O) groups is 1. The number of rotatable bonds is 2. The Morgan fingerprint density at radius 2 is 1.91 bits per heavy atom. The highest BCUT2D eigenvalue weighted by Gasteiger charge is 2.29. The van der Waals surface area contributed by atoms with Gasteiger partial charge in [0.05, 0.1) is 18.8 Å². The van der Waals surface area contributed by atoms with Gasteiger partial charge < -0.3 is 14.6 Å². The van der Waals surface area contributed by atoms with Crippen LogP contribution < -0.4 is 5.56 Å². The van der Waals surface area contributed by atoms with E-state index in [9.17, 15) is 9.59 Å². The highest BCUT2D eigenvalue weighted by atomic mass is 16.5. The lowest BCUT2D eigenvalue weighted by Gasteiger charge is -2.36. The second-order valence-corrected chi connectivity index (χ2v) is 5.93. The van der Waals surface area contributed by atoms with Gasteiger partial charge >= 0.3 is 0 Å². The van der Waals surface area contributed by atoms with Crippen molar-refractivity contribution in [2.75, 3.05) is 13.2 Å². The molecule has 1 aliphatic rings. The standard InChI is InChI=1S/C18H20N2O3/c1-12-11-23-13(2)10-20(12)18(22)15-8-9-16(19-17(15)21)14-6-4-3-5-7-14/h3-9,12-13H,10-11H2,1-2H3,(H,19,21)/t12-,13-/m1/s1. The lowest BCUT2D eigenvalue weighted by molar-refractivity contribution is -0.0387. The molecule has 0 radical (unpaired) electrons. The molecule has 0 saturated carbocycles. The number of nitrogens with zero attached hydrogens (tertiary/aromatic N) is 1. The molecule has 3 rings (SSSR count). The van der Waals surface area contributed by atoms with Crippen molar-refractivity contribution in [2.24, 2.45) is 0 Å². The summed E-state index contributed by atoms with van der Waals surface area (Å²) in [7, 11) is 0. The van der Waals surface area contributed by atoms with Gasteiger partial charge in [-0.1, -0.05) is 30.3 Å². The monoisotopic (exact) mass is 312 g/mol. The van der Waals surface area contributed by atoms with Gasteiger partial charge in [-0.25, -0.2) is 0 Å². The molecule has 120 valence electrons. The molecule has 0 spiro atoms. The fourth-order valence-electron chi connectivity index (χ4n) is 2.77. The van der Waals surface area contributed by atoms with Gasteiger partial charge in [-0.2, -0.15) is 0 Å². The number of hydrogen-bond donors (Lipinski definition) is 1. The normalized spacial score (nSPS) is 21.2. The Bertz CT molecular complexity index is 754. The van der Waals surface area contributed by atoms with E-state index in [1.54, 1.807) is 17.0 Å². The molecule has 0 aliphatic carbocycles. The summed E-state index contributed by atoms with van der Waals surface area (Å²) in [5.41, 5.74) is 1.43. The van der Waals surface area contributed by atoms with Crippen LogP contribution in [0.2, 0.25) is 0 Å². The van der Waals surface area contributed by atoms with Crippen molar-refractivity contribution in [3.63, 3.8) is 0 Å². The van der Waals surface area contributed by atoms with E-state index in [1.807, 2.05) is 44.2 Å². The van der Waals surface area contributed by atoms with E-state index in [2.05, 4.69) is 4.98 Å². The van der Waals surface area contributed by atoms with Crippen LogP contribution in [-0.4, -0.2) is 41.1 Å². The molecular weight excluding hydrogens is 292 g/mol. The average Bonchev–Trinajstić information content (AvgIpc) is 2.57. The van der Waals surface area contributed by atoms with E-state index in [0.717, 1.165) is 5.56 Å². The number of carbonyl (C=O) groups excluding carboxylic acids is 1. The Labute approximate surface area is 134 Å². The van der Waals surface area contributed by atoms with Crippen LogP contribution in [0.4, 0.5) is 0 Å². The number of ether oxygens (including phenoxy) is 1. The number of aromatic nitrogens is 1. The first kappa shape index (κ1) is 15.5. The van der Waals surface area contributed by atoms with Gasteiger partial charge in [-0.3, -0.25) is 9.59 Å². The minimum atomic E-state index is -0.359. The van der Waals surface area contributed by atoms with Gasteiger partial charge in [0.15, 0.2) is 0 Å². The van der Waals surface area contributed by atoms with Crippen molar-refractivity contribution in [1.29, 1.82) is 0 Å². The van der Waals surface area contributed by atoms with E-state index in [0.29, 0.717) is 18.8 Å². The van der Waals surface area contributed by atoms with Crippen LogP contribution in [0.5, 0.6) is 0 Å². The number of benzene rings is 1. The topological polar surface area (TPSA) is 62.4 Å². The second kappa shape index (κ2) is 6.38. The predicted molar refractivity (Wildman–Crippen MR) is 88.4 cm³/mol. The second-order valence-electron chi connectivity index (χ2n) is 5.93. The molecule has 1 aromatic heterocycles. The Balaban J connectivity index is 1.89. The van der Waals surface area contributed by atoms with Crippen LogP contribution in [-0.2, 0) is 4.74 Å². The molecule has 0 unspecified atom stereocenters. The zero-order valence-corrected chi connectivity index (χ0v) is 13.3. The van der Waals surface area contributed by atoms with Crippen molar-refractivity contribution in [2.45, 2.75) is 26.0 Å². The molecule has 1 fully saturated rings. The van der Waals surface area contributed by atoms with Crippen molar-refractivity contribution >= 4 is 5.91 Å². The van der Waals surface area contributed by atoms with Crippen molar-refractivity contribution < 1.29 is 9.53 Å². The zero-order valence-electron chi connectivity index (χ0n) is 13.3. The number of H-pyrrole nitrogens is 1. The summed E-state index contributed by atoms with van der Waals surface area (Å²) in [6, 6.07) is 12.9. The summed E-state index contributed by atoms with van der Waals surface area (Å²) in [6.07, 6.45) is -0.0159. The van der Waals surface area contributed by atoms with Gasteiger partial charge in [0.25, 0.3) is 11.5 Å². The fourth-order valence-corrected chi connectivity index (χ4v) is 2.77. The number of pyridine rings is 1. The molecule has 2 atom stereocenters. The Morgan fingerprint density at radius 3 is 2.61 bits per heavy atom. The molecule has 1 amide bonds. The minimum Gasteiger partial charge on any atom is -0.375 e. The molecule has 5 nitrogen and oxygen atoms in total. The maximum absolute atomic E-state index is 12.7. The van der Waals surface area contributed by atoms with Crippen LogP contribution >= 0.6 is 0 Å². The molecule has 23 heavy (non-hydrogen) atoms. The van der Waals surface area contributed by atoms with E-state index >= 15 is 0 Å². The average molecular weight is 312 g/mol. The summed E-state index contributed by atoms with van der Waals surface area (Å²) in [6.45, 7) is 4.85. The van der Waals surface area contributed by atoms with Crippen LogP contribution in [0.15, 0.2) is 47.3 Å². The summed E-state index contributed by atoms with van der Waals surface area (Å²) in [4.78, 5) is 29.5. The smallest absolute Gasteiger partial charge is 0.261 e. The first-order valence-electron chi connectivity index (χ1n) is 7.77. The Hall–Kier alpha value is -2.40. The van der Waals surface area contributed by atoms with Gasteiger partial charge in [0.1, 0.15) is 5.56 Å². The third-order valence-corrected chi connectivity index (χ3v) is 4.09. The number of amides is 1. The van der Waals surface area contributed by atoms with Gasteiger partial charge in [-0.15, -0.1) is 0 Å². The van der Waals surface area contributed by atoms with Crippen LogP contribution in [0.25, 0.3) is 11.3 Å². The highest BCUT2D eigenvalue weighted by molar-refractivity contribution is 5.94. The predicted octanol–water partition coefficient (Wildman–Crippen LogP) is 2.29. The van der Waals surface area contributed by atoms with Crippen molar-refractivity contribution in [3.05, 3.63) is 58.4 Å². The summed E-state index contributed by atoms with van der Waals surface area (Å²) >= 11 is 0. The first-order valence-corrected chi connectivity index (χ1v) is 7.77. The molecule has 5 heteroatoms. The minimum absolute atomic E-state index is 0.0159.